The molecule has 4 rings (SSSR count). The minimum atomic E-state index is -0.0167. The molecular weight excluding hydrogens is 416 g/mol. The second-order valence-electron chi connectivity index (χ2n) is 9.72. The topological polar surface area (TPSA) is 88.9 Å². The van der Waals surface area contributed by atoms with Gasteiger partial charge in [-0.25, -0.2) is 4.68 Å². The number of tetrazole rings is 1. The van der Waals surface area contributed by atoms with Crippen LogP contribution in [0.15, 0.2) is 23.0 Å². The van der Waals surface area contributed by atoms with Crippen molar-refractivity contribution in [3.8, 4) is 0 Å². The number of ether oxygens (including phenoxy) is 1. The minimum absolute atomic E-state index is 0.00849. The highest BCUT2D eigenvalue weighted by molar-refractivity contribution is 5.83. The van der Waals surface area contributed by atoms with Crippen molar-refractivity contribution in [2.24, 2.45) is 5.92 Å². The average Bonchev–Trinajstić information content (AvgIpc) is 3.44. The van der Waals surface area contributed by atoms with Gasteiger partial charge in [0.05, 0.1) is 19.2 Å². The molecule has 3 aromatic rings. The fraction of sp³-hybridized carbons (Fsp3) is 0.600. The molecule has 0 radical (unpaired) electrons. The first-order chi connectivity index (χ1) is 15.9. The molecule has 1 saturated carbocycles. The van der Waals surface area contributed by atoms with E-state index in [2.05, 4.69) is 65.2 Å². The number of hydrogen-bond donors (Lipinski definition) is 1. The second kappa shape index (κ2) is 10.1. The Balaban J connectivity index is 1.75. The van der Waals surface area contributed by atoms with Gasteiger partial charge in [-0.3, -0.25) is 9.69 Å². The lowest BCUT2D eigenvalue weighted by molar-refractivity contribution is 0.0822. The maximum atomic E-state index is 13.1. The van der Waals surface area contributed by atoms with Crippen LogP contribution in [-0.4, -0.2) is 49.8 Å². The summed E-state index contributed by atoms with van der Waals surface area (Å²) >= 11 is 0. The monoisotopic (exact) mass is 452 g/mol. The Morgan fingerprint density at radius 2 is 1.97 bits per heavy atom. The van der Waals surface area contributed by atoms with Crippen LogP contribution in [0.1, 0.15) is 68.1 Å². The van der Waals surface area contributed by atoms with Crippen LogP contribution in [0.5, 0.6) is 0 Å². The standard InChI is InChI=1S/C25H36N6O2/c1-16(2)23(24-27-28-29-31(24)10-11-33-5)30(20-8-6-7-9-20)15-19-14-21-18(4)12-17(3)13-22(21)26-25(19)32/h12-14,16,20,23H,6-11,15H2,1-5H3,(H,26,32)/t23-/m0/s1. The van der Waals surface area contributed by atoms with Gasteiger partial charge in [0.1, 0.15) is 0 Å². The molecule has 1 atom stereocenters. The molecule has 8 nitrogen and oxygen atoms in total. The predicted molar refractivity (Wildman–Crippen MR) is 129 cm³/mol. The van der Waals surface area contributed by atoms with Crippen LogP contribution in [0, 0.1) is 19.8 Å². The first kappa shape index (κ1) is 23.6. The van der Waals surface area contributed by atoms with E-state index in [-0.39, 0.29) is 17.5 Å². The number of pyridine rings is 1. The van der Waals surface area contributed by atoms with Crippen molar-refractivity contribution in [2.75, 3.05) is 13.7 Å². The van der Waals surface area contributed by atoms with Crippen LogP contribution in [-0.2, 0) is 17.8 Å². The van der Waals surface area contributed by atoms with Crippen molar-refractivity contribution in [1.29, 1.82) is 0 Å². The van der Waals surface area contributed by atoms with Gasteiger partial charge in [0.2, 0.25) is 0 Å². The fourth-order valence-corrected chi connectivity index (χ4v) is 5.31. The van der Waals surface area contributed by atoms with Crippen molar-refractivity contribution in [3.63, 3.8) is 0 Å². The molecule has 1 N–H and O–H groups in total. The highest BCUT2D eigenvalue weighted by Crippen LogP contribution is 2.36. The summed E-state index contributed by atoms with van der Waals surface area (Å²) in [5.74, 6) is 1.12. The van der Waals surface area contributed by atoms with Crippen LogP contribution in [0.25, 0.3) is 10.9 Å². The number of aromatic amines is 1. The smallest absolute Gasteiger partial charge is 0.252 e. The molecule has 33 heavy (non-hydrogen) atoms. The maximum absolute atomic E-state index is 13.1. The molecule has 2 heterocycles. The summed E-state index contributed by atoms with van der Waals surface area (Å²) in [6.07, 6.45) is 4.69. The van der Waals surface area contributed by atoms with Crippen LogP contribution in [0.2, 0.25) is 0 Å². The van der Waals surface area contributed by atoms with E-state index in [4.69, 9.17) is 4.74 Å². The van der Waals surface area contributed by atoms with Gasteiger partial charge in [-0.05, 0) is 66.3 Å². The van der Waals surface area contributed by atoms with Crippen molar-refractivity contribution in [3.05, 3.63) is 51.1 Å². The molecule has 0 aliphatic heterocycles. The number of aryl methyl sites for hydroxylation is 2. The molecular formula is C25H36N6O2. The van der Waals surface area contributed by atoms with Crippen molar-refractivity contribution < 1.29 is 4.74 Å². The summed E-state index contributed by atoms with van der Waals surface area (Å²) in [6.45, 7) is 10.3. The zero-order valence-corrected chi connectivity index (χ0v) is 20.5. The Hall–Kier alpha value is -2.58. The Morgan fingerprint density at radius 3 is 2.67 bits per heavy atom. The molecule has 1 fully saturated rings. The Labute approximate surface area is 195 Å². The first-order valence-corrected chi connectivity index (χ1v) is 12.0. The molecule has 1 aliphatic rings. The molecule has 178 valence electrons. The predicted octanol–water partition coefficient (Wildman–Crippen LogP) is 3.92. The van der Waals surface area contributed by atoms with Crippen LogP contribution in [0.4, 0.5) is 0 Å². The van der Waals surface area contributed by atoms with Crippen LogP contribution >= 0.6 is 0 Å². The van der Waals surface area contributed by atoms with E-state index in [1.54, 1.807) is 7.11 Å². The normalized spacial score (nSPS) is 15.8. The van der Waals surface area contributed by atoms with E-state index in [9.17, 15) is 4.79 Å². The third-order valence-corrected chi connectivity index (χ3v) is 6.86. The largest absolute Gasteiger partial charge is 0.383 e. The van der Waals surface area contributed by atoms with Crippen molar-refractivity contribution >= 4 is 10.9 Å². The van der Waals surface area contributed by atoms with Crippen LogP contribution < -0.4 is 5.56 Å². The zero-order chi connectivity index (χ0) is 23.5. The number of hydrogen-bond acceptors (Lipinski definition) is 6. The lowest BCUT2D eigenvalue weighted by Crippen LogP contribution is -2.41. The molecule has 0 spiro atoms. The molecule has 0 amide bonds. The average molecular weight is 453 g/mol. The molecule has 0 unspecified atom stereocenters. The number of rotatable bonds is 9. The Bertz CT molecular complexity index is 1150. The van der Waals surface area contributed by atoms with E-state index in [1.807, 2.05) is 10.7 Å². The number of nitrogens with zero attached hydrogens (tertiary/aromatic N) is 5. The van der Waals surface area contributed by atoms with Gasteiger partial charge >= 0.3 is 0 Å². The van der Waals surface area contributed by atoms with E-state index in [1.165, 1.54) is 18.4 Å². The summed E-state index contributed by atoms with van der Waals surface area (Å²) < 4.78 is 7.12. The van der Waals surface area contributed by atoms with Gasteiger partial charge < -0.3 is 9.72 Å². The molecule has 2 aromatic heterocycles. The number of methoxy groups -OCH3 is 1. The van der Waals surface area contributed by atoms with E-state index >= 15 is 0 Å². The fourth-order valence-electron chi connectivity index (χ4n) is 5.31. The first-order valence-electron chi connectivity index (χ1n) is 12.0. The van der Waals surface area contributed by atoms with Gasteiger partial charge in [-0.2, -0.15) is 0 Å². The SMILES string of the molecule is COCCn1nnnc1[C@H](C(C)C)N(Cc1cc2c(C)cc(C)cc2[nH]c1=O)C1CCCC1. The molecule has 8 heteroatoms. The molecule has 0 bridgehead atoms. The van der Waals surface area contributed by atoms with Crippen LogP contribution in [0.3, 0.4) is 0 Å². The van der Waals surface area contributed by atoms with Crippen molar-refractivity contribution in [1.82, 2.24) is 30.1 Å². The van der Waals surface area contributed by atoms with E-state index in [0.717, 1.165) is 40.7 Å². The van der Waals surface area contributed by atoms with E-state index < -0.39 is 0 Å². The summed E-state index contributed by atoms with van der Waals surface area (Å²) in [6, 6.07) is 6.70. The van der Waals surface area contributed by atoms with E-state index in [0.29, 0.717) is 25.7 Å². The highest BCUT2D eigenvalue weighted by Gasteiger charge is 2.35. The summed E-state index contributed by atoms with van der Waals surface area (Å²) in [5.41, 5.74) is 4.01. The third-order valence-electron chi connectivity index (χ3n) is 6.86. The molecule has 1 aliphatic carbocycles. The summed E-state index contributed by atoms with van der Waals surface area (Å²) in [4.78, 5) is 18.8. The van der Waals surface area contributed by atoms with Gasteiger partial charge in [-0.15, -0.1) is 5.10 Å². The maximum Gasteiger partial charge on any atom is 0.252 e. The third kappa shape index (κ3) is 5.01. The lowest BCUT2D eigenvalue weighted by atomic mass is 9.97. The number of H-pyrrole nitrogens is 1. The number of fused-ring (bicyclic) bond motifs is 1. The second-order valence-corrected chi connectivity index (χ2v) is 9.72. The number of benzene rings is 1. The molecule has 1 aromatic carbocycles. The summed E-state index contributed by atoms with van der Waals surface area (Å²) in [7, 11) is 1.68. The Morgan fingerprint density at radius 1 is 1.21 bits per heavy atom. The van der Waals surface area contributed by atoms with Gasteiger partial charge in [0.25, 0.3) is 5.56 Å². The van der Waals surface area contributed by atoms with Gasteiger partial charge in [-0.1, -0.05) is 32.8 Å². The number of nitrogens with one attached hydrogen (secondary N) is 1. The minimum Gasteiger partial charge on any atom is -0.383 e. The molecule has 0 saturated heterocycles. The quantitative estimate of drug-likeness (QED) is 0.529. The van der Waals surface area contributed by atoms with Crippen molar-refractivity contribution in [2.45, 2.75) is 78.6 Å². The summed E-state index contributed by atoms with van der Waals surface area (Å²) in [5, 5.41) is 13.8. The Kier molecular flexibility index (Phi) is 7.24. The number of aromatic nitrogens is 5. The van der Waals surface area contributed by atoms with Gasteiger partial charge in [0, 0.05) is 36.2 Å². The zero-order valence-electron chi connectivity index (χ0n) is 20.5. The highest BCUT2D eigenvalue weighted by atomic mass is 16.5. The lowest BCUT2D eigenvalue weighted by Gasteiger charge is -2.38. The van der Waals surface area contributed by atoms with Gasteiger partial charge in [0.15, 0.2) is 5.82 Å².